The Morgan fingerprint density at radius 3 is 2.44 bits per heavy atom. The molecule has 0 bridgehead atoms. The van der Waals surface area contributed by atoms with Gasteiger partial charge in [0.15, 0.2) is 15.7 Å². The van der Waals surface area contributed by atoms with Crippen LogP contribution in [-0.4, -0.2) is 47.1 Å². The van der Waals surface area contributed by atoms with Gasteiger partial charge in [-0.3, -0.25) is 5.10 Å². The molecule has 2 aromatic heterocycles. The van der Waals surface area contributed by atoms with Crippen molar-refractivity contribution in [1.82, 2.24) is 20.5 Å². The van der Waals surface area contributed by atoms with Crippen molar-refractivity contribution in [3.8, 4) is 10.4 Å². The number of benzene rings is 1. The van der Waals surface area contributed by atoms with E-state index in [0.717, 1.165) is 41.3 Å². The summed E-state index contributed by atoms with van der Waals surface area (Å²) >= 11 is 1.56. The lowest BCUT2D eigenvalue weighted by Crippen LogP contribution is -2.38. The van der Waals surface area contributed by atoms with Crippen molar-refractivity contribution in [2.24, 2.45) is 0 Å². The van der Waals surface area contributed by atoms with Crippen LogP contribution in [0.2, 0.25) is 0 Å². The number of hydrogen-bond donors (Lipinski definition) is 3. The Balaban J connectivity index is 1.32. The lowest BCUT2D eigenvalue weighted by Gasteiger charge is -2.28. The fraction of sp³-hybridized carbons (Fsp3) is 0.536. The van der Waals surface area contributed by atoms with Crippen molar-refractivity contribution in [2.45, 2.75) is 100 Å². The fourth-order valence-corrected chi connectivity index (χ4v) is 7.42. The number of nitrogens with one attached hydrogen (secondary N) is 3. The standard InChI is InChI=1S/C28H37N5O4S2/c1-16(2)37-28(34)31-20-9-7-19(8-10-20)27-29-15-24(38-27)22-12-11-21(13-25(22)39(35,36)17(3)4)30-26-14-23(32-33-26)18-5-6-18/h11-20H,5-10H2,1-4H3,(H,31,34)(H2,30,32,33)/t19-,20-. The predicted octanol–water partition coefficient (Wildman–Crippen LogP) is 6.50. The van der Waals surface area contributed by atoms with Crippen LogP contribution in [0.1, 0.15) is 88.8 Å². The van der Waals surface area contributed by atoms with Crippen molar-refractivity contribution in [3.63, 3.8) is 0 Å². The Bertz CT molecular complexity index is 1420. The molecule has 0 spiro atoms. The molecule has 0 aliphatic heterocycles. The van der Waals surface area contributed by atoms with E-state index < -0.39 is 15.1 Å². The Morgan fingerprint density at radius 2 is 1.77 bits per heavy atom. The maximum atomic E-state index is 13.4. The Labute approximate surface area is 234 Å². The molecule has 2 fully saturated rings. The molecule has 3 N–H and O–H groups in total. The molecule has 9 nitrogen and oxygen atoms in total. The molecule has 1 aromatic carbocycles. The van der Waals surface area contributed by atoms with Gasteiger partial charge in [0.05, 0.1) is 26.1 Å². The van der Waals surface area contributed by atoms with Crippen molar-refractivity contribution in [2.75, 3.05) is 5.32 Å². The summed E-state index contributed by atoms with van der Waals surface area (Å²) in [5, 5.41) is 14.1. The lowest BCUT2D eigenvalue weighted by molar-refractivity contribution is 0.109. The number of H-pyrrole nitrogens is 1. The van der Waals surface area contributed by atoms with E-state index in [1.807, 2.05) is 32.0 Å². The number of hydrogen-bond acceptors (Lipinski definition) is 8. The number of carbonyl (C=O) groups is 1. The minimum absolute atomic E-state index is 0.102. The molecule has 0 radical (unpaired) electrons. The third-order valence-corrected chi connectivity index (χ3v) is 10.7. The van der Waals surface area contributed by atoms with Crippen LogP contribution in [0.15, 0.2) is 35.4 Å². The van der Waals surface area contributed by atoms with Gasteiger partial charge in [-0.15, -0.1) is 11.3 Å². The number of sulfone groups is 1. The van der Waals surface area contributed by atoms with E-state index in [0.29, 0.717) is 27.9 Å². The van der Waals surface area contributed by atoms with Gasteiger partial charge in [-0.25, -0.2) is 18.2 Å². The summed E-state index contributed by atoms with van der Waals surface area (Å²) in [6.45, 7) is 7.08. The average molecular weight is 572 g/mol. The molecule has 39 heavy (non-hydrogen) atoms. The molecule has 1 amide bonds. The first-order valence-corrected chi connectivity index (χ1v) is 16.1. The highest BCUT2D eigenvalue weighted by atomic mass is 32.2. The maximum Gasteiger partial charge on any atom is 0.407 e. The topological polar surface area (TPSA) is 126 Å². The Hall–Kier alpha value is -2.92. The van der Waals surface area contributed by atoms with Gasteiger partial charge in [0, 0.05) is 47.1 Å². The number of aromatic amines is 1. The summed E-state index contributed by atoms with van der Waals surface area (Å²) in [7, 11) is -3.55. The molecule has 2 saturated carbocycles. The molecule has 2 aliphatic rings. The van der Waals surface area contributed by atoms with Crippen molar-refractivity contribution in [3.05, 3.63) is 41.2 Å². The molecule has 3 aromatic rings. The second kappa shape index (κ2) is 11.3. The first-order valence-electron chi connectivity index (χ1n) is 13.7. The van der Waals surface area contributed by atoms with Gasteiger partial charge in [0.2, 0.25) is 0 Å². The maximum absolute atomic E-state index is 13.4. The number of anilines is 2. The van der Waals surface area contributed by atoms with E-state index in [1.165, 1.54) is 12.8 Å². The van der Waals surface area contributed by atoms with Crippen LogP contribution in [0, 0.1) is 0 Å². The quantitative estimate of drug-likeness (QED) is 0.268. The van der Waals surface area contributed by atoms with Gasteiger partial charge in [0.25, 0.3) is 0 Å². The first-order chi connectivity index (χ1) is 18.6. The van der Waals surface area contributed by atoms with Crippen LogP contribution >= 0.6 is 11.3 Å². The lowest BCUT2D eigenvalue weighted by atomic mass is 9.86. The largest absolute Gasteiger partial charge is 0.447 e. The normalized spacial score (nSPS) is 19.8. The van der Waals surface area contributed by atoms with Gasteiger partial charge in [-0.1, -0.05) is 6.07 Å². The zero-order valence-corrected chi connectivity index (χ0v) is 24.5. The molecule has 2 aliphatic carbocycles. The summed E-state index contributed by atoms with van der Waals surface area (Å²) in [6.07, 6.45) is 7.17. The molecule has 0 saturated heterocycles. The fourth-order valence-electron chi connectivity index (χ4n) is 4.95. The van der Waals surface area contributed by atoms with E-state index in [-0.39, 0.29) is 24.2 Å². The number of aromatic nitrogens is 3. The van der Waals surface area contributed by atoms with Crippen molar-refractivity contribution in [1.29, 1.82) is 0 Å². The van der Waals surface area contributed by atoms with Crippen LogP contribution < -0.4 is 10.6 Å². The molecule has 0 unspecified atom stereocenters. The highest BCUT2D eigenvalue weighted by Crippen LogP contribution is 2.42. The van der Waals surface area contributed by atoms with Crippen LogP contribution in [0.4, 0.5) is 16.3 Å². The second-order valence-electron chi connectivity index (χ2n) is 11.1. The van der Waals surface area contributed by atoms with Crippen LogP contribution in [0.5, 0.6) is 0 Å². The van der Waals surface area contributed by atoms with Crippen molar-refractivity contribution >= 4 is 38.8 Å². The predicted molar refractivity (Wildman–Crippen MR) is 153 cm³/mol. The summed E-state index contributed by atoms with van der Waals surface area (Å²) in [5.41, 5.74) is 2.46. The van der Waals surface area contributed by atoms with Crippen molar-refractivity contribution < 1.29 is 17.9 Å². The van der Waals surface area contributed by atoms with Gasteiger partial charge >= 0.3 is 6.09 Å². The smallest absolute Gasteiger partial charge is 0.407 e. The zero-order valence-electron chi connectivity index (χ0n) is 22.9. The Morgan fingerprint density at radius 1 is 1.05 bits per heavy atom. The minimum atomic E-state index is -3.55. The summed E-state index contributed by atoms with van der Waals surface area (Å²) in [4.78, 5) is 17.8. The van der Waals surface area contributed by atoms with Gasteiger partial charge in [-0.2, -0.15) is 5.10 Å². The Kier molecular flexibility index (Phi) is 8.00. The van der Waals surface area contributed by atoms with Gasteiger partial charge < -0.3 is 15.4 Å². The molecule has 0 atom stereocenters. The number of nitrogens with zero attached hydrogens (tertiary/aromatic N) is 2. The molecule has 11 heteroatoms. The number of thiazole rings is 1. The monoisotopic (exact) mass is 571 g/mol. The summed E-state index contributed by atoms with van der Waals surface area (Å²) in [6, 6.07) is 7.57. The van der Waals surface area contributed by atoms with Gasteiger partial charge in [-0.05, 0) is 78.4 Å². The molecule has 5 rings (SSSR count). The highest BCUT2D eigenvalue weighted by Gasteiger charge is 2.29. The van der Waals surface area contributed by atoms with Crippen LogP contribution in [0.25, 0.3) is 10.4 Å². The van der Waals surface area contributed by atoms with E-state index in [9.17, 15) is 13.2 Å². The van der Waals surface area contributed by atoms with Gasteiger partial charge in [0.1, 0.15) is 0 Å². The molecule has 2 heterocycles. The molecule has 210 valence electrons. The summed E-state index contributed by atoms with van der Waals surface area (Å²) < 4.78 is 32.1. The van der Waals surface area contributed by atoms with E-state index >= 15 is 0 Å². The third kappa shape index (κ3) is 6.46. The number of rotatable bonds is 9. The van der Waals surface area contributed by atoms with Crippen LogP contribution in [0.3, 0.4) is 0 Å². The SMILES string of the molecule is CC(C)OC(=O)N[C@H]1CC[C@H](c2ncc(-c3ccc(Nc4cc(C5CC5)[nH]n4)cc3S(=O)(=O)C(C)C)s2)CC1. The molecular formula is C28H37N5O4S2. The molecular weight excluding hydrogens is 534 g/mol. The summed E-state index contributed by atoms with van der Waals surface area (Å²) in [5.74, 6) is 1.52. The zero-order chi connectivity index (χ0) is 27.7. The first kappa shape index (κ1) is 27.6. The number of ether oxygens (including phenoxy) is 1. The average Bonchev–Trinajstić information content (AvgIpc) is 3.43. The minimum Gasteiger partial charge on any atom is -0.447 e. The van der Waals surface area contributed by atoms with Crippen LogP contribution in [-0.2, 0) is 14.6 Å². The van der Waals surface area contributed by atoms with E-state index in [1.54, 1.807) is 37.4 Å². The van der Waals surface area contributed by atoms with E-state index in [4.69, 9.17) is 9.72 Å². The van der Waals surface area contributed by atoms with E-state index in [2.05, 4.69) is 20.8 Å². The number of amides is 1. The highest BCUT2D eigenvalue weighted by molar-refractivity contribution is 7.92. The second-order valence-corrected chi connectivity index (χ2v) is 14.7. The third-order valence-electron chi connectivity index (χ3n) is 7.33. The number of carbonyl (C=O) groups excluding carboxylic acids is 1. The number of alkyl carbamates (subject to hydrolysis) is 1.